The first-order valence-electron chi connectivity index (χ1n) is 5.43. The Balaban J connectivity index is 2.40. The SMILES string of the molecule is COCCOc1cc2[nH]c(=O)cnc2cc1OC. The molecule has 2 rings (SSSR count). The van der Waals surface area contributed by atoms with Crippen LogP contribution >= 0.6 is 0 Å². The fourth-order valence-electron chi connectivity index (χ4n) is 1.56. The number of hydrogen-bond donors (Lipinski definition) is 1. The number of ether oxygens (including phenoxy) is 3. The first-order chi connectivity index (χ1) is 8.74. The van der Waals surface area contributed by atoms with Crippen molar-refractivity contribution in [2.75, 3.05) is 27.4 Å². The van der Waals surface area contributed by atoms with E-state index < -0.39 is 0 Å². The number of hydrogen-bond acceptors (Lipinski definition) is 5. The average Bonchev–Trinajstić information content (AvgIpc) is 2.38. The molecule has 0 atom stereocenters. The molecule has 0 amide bonds. The molecule has 96 valence electrons. The van der Waals surface area contributed by atoms with E-state index in [4.69, 9.17) is 14.2 Å². The van der Waals surface area contributed by atoms with E-state index in [0.29, 0.717) is 35.7 Å². The van der Waals surface area contributed by atoms with Crippen LogP contribution in [0.25, 0.3) is 11.0 Å². The fourth-order valence-corrected chi connectivity index (χ4v) is 1.56. The number of aromatic nitrogens is 2. The first-order valence-corrected chi connectivity index (χ1v) is 5.43. The predicted octanol–water partition coefficient (Wildman–Crippen LogP) is 0.957. The third-order valence-corrected chi connectivity index (χ3v) is 2.41. The van der Waals surface area contributed by atoms with Gasteiger partial charge in [-0.1, -0.05) is 0 Å². The van der Waals surface area contributed by atoms with Gasteiger partial charge in [-0.15, -0.1) is 0 Å². The van der Waals surface area contributed by atoms with E-state index >= 15 is 0 Å². The number of nitrogens with one attached hydrogen (secondary N) is 1. The standard InChI is InChI=1S/C12H14N2O4/c1-16-3-4-18-11-6-9-8(5-10(11)17-2)13-7-12(15)14-9/h5-7H,3-4H2,1-2H3,(H,14,15). The van der Waals surface area contributed by atoms with E-state index in [9.17, 15) is 4.79 Å². The van der Waals surface area contributed by atoms with Crippen molar-refractivity contribution >= 4 is 11.0 Å². The van der Waals surface area contributed by atoms with Crippen LogP contribution < -0.4 is 15.0 Å². The highest BCUT2D eigenvalue weighted by molar-refractivity contribution is 5.78. The molecule has 1 aromatic carbocycles. The maximum atomic E-state index is 11.2. The van der Waals surface area contributed by atoms with E-state index in [1.54, 1.807) is 26.4 Å². The molecule has 6 nitrogen and oxygen atoms in total. The first kappa shape index (κ1) is 12.4. The lowest BCUT2D eigenvalue weighted by Gasteiger charge is -2.11. The van der Waals surface area contributed by atoms with Crippen LogP contribution in [0.4, 0.5) is 0 Å². The highest BCUT2D eigenvalue weighted by Gasteiger charge is 2.08. The molecular formula is C12H14N2O4. The molecule has 2 aromatic rings. The van der Waals surface area contributed by atoms with Crippen molar-refractivity contribution in [1.82, 2.24) is 9.97 Å². The number of rotatable bonds is 5. The molecule has 1 aromatic heterocycles. The summed E-state index contributed by atoms with van der Waals surface area (Å²) < 4.78 is 15.6. The van der Waals surface area contributed by atoms with E-state index in [1.807, 2.05) is 0 Å². The minimum Gasteiger partial charge on any atom is -0.493 e. The third kappa shape index (κ3) is 2.60. The molecule has 0 saturated carbocycles. The van der Waals surface area contributed by atoms with E-state index in [2.05, 4.69) is 9.97 Å². The Hall–Kier alpha value is -2.08. The summed E-state index contributed by atoms with van der Waals surface area (Å²) in [6.07, 6.45) is 1.23. The topological polar surface area (TPSA) is 73.4 Å². The minimum atomic E-state index is -0.254. The van der Waals surface area contributed by atoms with Gasteiger partial charge in [0.2, 0.25) is 0 Å². The van der Waals surface area contributed by atoms with Gasteiger partial charge in [-0.2, -0.15) is 0 Å². The zero-order chi connectivity index (χ0) is 13.0. The molecule has 0 aliphatic rings. The number of aromatic amines is 1. The van der Waals surface area contributed by atoms with Crippen molar-refractivity contribution in [1.29, 1.82) is 0 Å². The minimum absolute atomic E-state index is 0.254. The normalized spacial score (nSPS) is 10.6. The summed E-state index contributed by atoms with van der Waals surface area (Å²) in [4.78, 5) is 17.9. The molecule has 0 fully saturated rings. The van der Waals surface area contributed by atoms with Crippen LogP contribution in [0.1, 0.15) is 0 Å². The Bertz CT molecular complexity index is 594. The number of fused-ring (bicyclic) bond motifs is 1. The molecule has 0 radical (unpaired) electrons. The van der Waals surface area contributed by atoms with Crippen LogP contribution in [0, 0.1) is 0 Å². The Morgan fingerprint density at radius 1 is 1.22 bits per heavy atom. The van der Waals surface area contributed by atoms with E-state index in [-0.39, 0.29) is 5.56 Å². The monoisotopic (exact) mass is 250 g/mol. The maximum absolute atomic E-state index is 11.2. The lowest BCUT2D eigenvalue weighted by Crippen LogP contribution is -2.07. The Labute approximate surface area is 104 Å². The van der Waals surface area contributed by atoms with Crippen LogP contribution in [-0.2, 0) is 4.74 Å². The van der Waals surface area contributed by atoms with Gasteiger partial charge in [0.05, 0.1) is 30.9 Å². The van der Waals surface area contributed by atoms with Gasteiger partial charge in [-0.3, -0.25) is 4.79 Å². The van der Waals surface area contributed by atoms with Gasteiger partial charge in [0.15, 0.2) is 11.5 Å². The van der Waals surface area contributed by atoms with Gasteiger partial charge < -0.3 is 19.2 Å². The van der Waals surface area contributed by atoms with E-state index in [0.717, 1.165) is 0 Å². The van der Waals surface area contributed by atoms with E-state index in [1.165, 1.54) is 6.20 Å². The summed E-state index contributed by atoms with van der Waals surface area (Å²) in [6, 6.07) is 3.41. The lowest BCUT2D eigenvalue weighted by molar-refractivity contribution is 0.144. The summed E-state index contributed by atoms with van der Waals surface area (Å²) in [5.74, 6) is 1.11. The molecule has 18 heavy (non-hydrogen) atoms. The Morgan fingerprint density at radius 2 is 2.06 bits per heavy atom. The van der Waals surface area contributed by atoms with Gasteiger partial charge in [-0.05, 0) is 0 Å². The Kier molecular flexibility index (Phi) is 3.78. The van der Waals surface area contributed by atoms with Gasteiger partial charge in [0, 0.05) is 19.2 Å². The number of H-pyrrole nitrogens is 1. The number of benzene rings is 1. The van der Waals surface area contributed by atoms with Crippen LogP contribution in [0.5, 0.6) is 11.5 Å². The second-order valence-corrected chi connectivity index (χ2v) is 3.61. The number of methoxy groups -OCH3 is 2. The predicted molar refractivity (Wildman–Crippen MR) is 66.3 cm³/mol. The molecule has 1 N–H and O–H groups in total. The van der Waals surface area contributed by atoms with Gasteiger partial charge in [-0.25, -0.2) is 4.98 Å². The lowest BCUT2D eigenvalue weighted by atomic mass is 10.2. The summed E-state index contributed by atoms with van der Waals surface area (Å²) in [5.41, 5.74) is 0.997. The number of nitrogens with zero attached hydrogens (tertiary/aromatic N) is 1. The molecule has 0 aliphatic heterocycles. The van der Waals surface area contributed by atoms with Crippen molar-refractivity contribution in [2.24, 2.45) is 0 Å². The second kappa shape index (κ2) is 5.50. The zero-order valence-corrected chi connectivity index (χ0v) is 10.2. The second-order valence-electron chi connectivity index (χ2n) is 3.61. The quantitative estimate of drug-likeness (QED) is 0.800. The van der Waals surface area contributed by atoms with Crippen molar-refractivity contribution in [3.63, 3.8) is 0 Å². The summed E-state index contributed by atoms with van der Waals surface area (Å²) in [7, 11) is 3.15. The van der Waals surface area contributed by atoms with Gasteiger partial charge in [0.25, 0.3) is 5.56 Å². The Morgan fingerprint density at radius 3 is 2.78 bits per heavy atom. The van der Waals surface area contributed by atoms with Crippen molar-refractivity contribution in [3.05, 3.63) is 28.7 Å². The van der Waals surface area contributed by atoms with Gasteiger partial charge >= 0.3 is 0 Å². The smallest absolute Gasteiger partial charge is 0.266 e. The van der Waals surface area contributed by atoms with Crippen molar-refractivity contribution in [2.45, 2.75) is 0 Å². The van der Waals surface area contributed by atoms with Crippen LogP contribution in [0.15, 0.2) is 23.1 Å². The summed E-state index contributed by atoms with van der Waals surface area (Å²) >= 11 is 0. The van der Waals surface area contributed by atoms with Crippen LogP contribution in [0.2, 0.25) is 0 Å². The third-order valence-electron chi connectivity index (χ3n) is 2.41. The fraction of sp³-hybridized carbons (Fsp3) is 0.333. The molecule has 0 bridgehead atoms. The van der Waals surface area contributed by atoms with Gasteiger partial charge in [0.1, 0.15) is 6.61 Å². The zero-order valence-electron chi connectivity index (χ0n) is 10.2. The molecule has 0 spiro atoms. The summed E-state index contributed by atoms with van der Waals surface area (Å²) in [5, 5.41) is 0. The summed E-state index contributed by atoms with van der Waals surface area (Å²) in [6.45, 7) is 0.883. The highest BCUT2D eigenvalue weighted by Crippen LogP contribution is 2.30. The molecule has 0 aliphatic carbocycles. The molecule has 1 heterocycles. The average molecular weight is 250 g/mol. The van der Waals surface area contributed by atoms with Crippen LogP contribution in [-0.4, -0.2) is 37.4 Å². The molecular weight excluding hydrogens is 236 g/mol. The highest BCUT2D eigenvalue weighted by atomic mass is 16.5. The van der Waals surface area contributed by atoms with Crippen molar-refractivity contribution < 1.29 is 14.2 Å². The molecule has 6 heteroatoms. The maximum Gasteiger partial charge on any atom is 0.266 e. The largest absolute Gasteiger partial charge is 0.493 e. The van der Waals surface area contributed by atoms with Crippen LogP contribution in [0.3, 0.4) is 0 Å². The van der Waals surface area contributed by atoms with Crippen molar-refractivity contribution in [3.8, 4) is 11.5 Å². The molecule has 0 saturated heterocycles. The molecule has 0 unspecified atom stereocenters.